The minimum Gasteiger partial charge on any atom is -0.484 e. The second-order valence-corrected chi connectivity index (χ2v) is 6.69. The number of hydrogen-bond acceptors (Lipinski definition) is 4. The molecule has 1 heterocycles. The number of rotatable bonds is 5. The lowest BCUT2D eigenvalue weighted by Gasteiger charge is -2.31. The van der Waals surface area contributed by atoms with Gasteiger partial charge in [0.25, 0.3) is 11.8 Å². The number of nitrogens with one attached hydrogen (secondary N) is 3. The van der Waals surface area contributed by atoms with Gasteiger partial charge in [-0.05, 0) is 24.3 Å². The van der Waals surface area contributed by atoms with Gasteiger partial charge < -0.3 is 14.5 Å². The second kappa shape index (κ2) is 9.38. The summed E-state index contributed by atoms with van der Waals surface area (Å²) in [7, 11) is 0. The van der Waals surface area contributed by atoms with Gasteiger partial charge in [-0.1, -0.05) is 15.9 Å². The fraction of sp³-hybridized carbons (Fsp3) is 0.438. The third kappa shape index (κ3) is 6.71. The molecule has 0 aliphatic carbocycles. The van der Waals surface area contributed by atoms with Crippen molar-refractivity contribution in [1.29, 1.82) is 0 Å². The molecular formula is C16H22BrN4O4+. The van der Waals surface area contributed by atoms with Crippen LogP contribution in [-0.2, 0) is 14.4 Å². The van der Waals surface area contributed by atoms with Gasteiger partial charge >= 0.3 is 0 Å². The Morgan fingerprint density at radius 1 is 1.12 bits per heavy atom. The third-order valence-electron chi connectivity index (χ3n) is 3.85. The number of hydrogen-bond donors (Lipinski definition) is 3. The molecule has 2 rings (SSSR count). The highest BCUT2D eigenvalue weighted by Gasteiger charge is 2.23. The summed E-state index contributed by atoms with van der Waals surface area (Å²) in [5.74, 6) is -0.0880. The third-order valence-corrected chi connectivity index (χ3v) is 4.38. The molecule has 0 unspecified atom stereocenters. The number of halogens is 1. The van der Waals surface area contributed by atoms with Gasteiger partial charge in [-0.3, -0.25) is 25.2 Å². The molecule has 0 atom stereocenters. The Kier molecular flexibility index (Phi) is 7.20. The van der Waals surface area contributed by atoms with Crippen LogP contribution in [0.1, 0.15) is 6.92 Å². The SMILES string of the molecule is CC(=O)N1CC[NH+](CC(=O)NNC(=O)COc2ccc(Br)cc2)CC1. The average Bonchev–Trinajstić information content (AvgIpc) is 2.60. The molecule has 1 saturated heterocycles. The molecule has 1 aromatic carbocycles. The van der Waals surface area contributed by atoms with E-state index in [1.165, 1.54) is 0 Å². The molecule has 0 bridgehead atoms. The van der Waals surface area contributed by atoms with E-state index in [-0.39, 0.29) is 25.0 Å². The molecule has 1 aliphatic heterocycles. The number of carbonyl (C=O) groups excluding carboxylic acids is 3. The van der Waals surface area contributed by atoms with Crippen LogP contribution >= 0.6 is 15.9 Å². The standard InChI is InChI=1S/C16H21BrN4O4/c1-12(22)21-8-6-20(7-9-21)10-15(23)18-19-16(24)11-25-14-4-2-13(17)3-5-14/h2-5H,6-11H2,1H3,(H,18,23)(H,19,24)/p+1. The van der Waals surface area contributed by atoms with Crippen molar-refractivity contribution in [3.05, 3.63) is 28.7 Å². The summed E-state index contributed by atoms with van der Waals surface area (Å²) in [6.07, 6.45) is 0. The summed E-state index contributed by atoms with van der Waals surface area (Å²) >= 11 is 3.31. The quantitative estimate of drug-likeness (QED) is 0.524. The summed E-state index contributed by atoms with van der Waals surface area (Å²) in [5, 5.41) is 0. The van der Waals surface area contributed by atoms with Gasteiger partial charge in [-0.25, -0.2) is 0 Å². The highest BCUT2D eigenvalue weighted by Crippen LogP contribution is 2.15. The van der Waals surface area contributed by atoms with E-state index in [0.29, 0.717) is 31.9 Å². The lowest BCUT2D eigenvalue weighted by molar-refractivity contribution is -0.896. The van der Waals surface area contributed by atoms with Crippen molar-refractivity contribution < 1.29 is 24.0 Å². The summed E-state index contributed by atoms with van der Waals surface area (Å²) in [6.45, 7) is 4.33. The van der Waals surface area contributed by atoms with Crippen molar-refractivity contribution in [2.24, 2.45) is 0 Å². The fourth-order valence-electron chi connectivity index (χ4n) is 2.44. The smallest absolute Gasteiger partial charge is 0.293 e. The van der Waals surface area contributed by atoms with Crippen LogP contribution in [0.4, 0.5) is 0 Å². The van der Waals surface area contributed by atoms with Gasteiger partial charge in [0.1, 0.15) is 5.75 Å². The van der Waals surface area contributed by atoms with Crippen LogP contribution in [0.25, 0.3) is 0 Å². The Bertz CT molecular complexity index is 615. The molecule has 8 nitrogen and oxygen atoms in total. The van der Waals surface area contributed by atoms with Gasteiger partial charge in [-0.15, -0.1) is 0 Å². The minimum absolute atomic E-state index is 0.0570. The Labute approximate surface area is 154 Å². The van der Waals surface area contributed by atoms with E-state index < -0.39 is 5.91 Å². The normalized spacial score (nSPS) is 14.7. The van der Waals surface area contributed by atoms with E-state index in [0.717, 1.165) is 9.37 Å². The van der Waals surface area contributed by atoms with Crippen LogP contribution in [-0.4, -0.2) is 62.0 Å². The van der Waals surface area contributed by atoms with Crippen molar-refractivity contribution in [1.82, 2.24) is 15.8 Å². The van der Waals surface area contributed by atoms with E-state index in [4.69, 9.17) is 4.74 Å². The molecular weight excluding hydrogens is 392 g/mol. The molecule has 9 heteroatoms. The monoisotopic (exact) mass is 413 g/mol. The number of benzene rings is 1. The maximum Gasteiger partial charge on any atom is 0.293 e. The van der Waals surface area contributed by atoms with E-state index in [1.807, 2.05) is 12.1 Å². The van der Waals surface area contributed by atoms with Crippen LogP contribution in [0.15, 0.2) is 28.7 Å². The summed E-state index contributed by atoms with van der Waals surface area (Å²) in [6, 6.07) is 7.09. The zero-order valence-corrected chi connectivity index (χ0v) is 15.6. The fourth-order valence-corrected chi connectivity index (χ4v) is 2.71. The molecule has 0 saturated carbocycles. The van der Waals surface area contributed by atoms with Gasteiger partial charge in [0, 0.05) is 11.4 Å². The van der Waals surface area contributed by atoms with Crippen LogP contribution in [0.2, 0.25) is 0 Å². The van der Waals surface area contributed by atoms with Gasteiger partial charge in [0.2, 0.25) is 5.91 Å². The zero-order chi connectivity index (χ0) is 18.2. The predicted octanol–water partition coefficient (Wildman–Crippen LogP) is -1.28. The van der Waals surface area contributed by atoms with Crippen molar-refractivity contribution in [2.75, 3.05) is 39.3 Å². The first-order valence-electron chi connectivity index (χ1n) is 7.99. The van der Waals surface area contributed by atoms with Crippen LogP contribution < -0.4 is 20.5 Å². The van der Waals surface area contributed by atoms with E-state index in [1.54, 1.807) is 24.0 Å². The summed E-state index contributed by atoms with van der Waals surface area (Å²) < 4.78 is 6.23. The van der Waals surface area contributed by atoms with Crippen molar-refractivity contribution in [2.45, 2.75) is 6.92 Å². The van der Waals surface area contributed by atoms with E-state index in [2.05, 4.69) is 26.8 Å². The Morgan fingerprint density at radius 2 is 1.72 bits per heavy atom. The molecule has 0 spiro atoms. The summed E-state index contributed by atoms with van der Waals surface area (Å²) in [5.41, 5.74) is 4.71. The highest BCUT2D eigenvalue weighted by atomic mass is 79.9. The number of amides is 3. The predicted molar refractivity (Wildman–Crippen MR) is 93.7 cm³/mol. The molecule has 3 N–H and O–H groups in total. The van der Waals surface area contributed by atoms with Crippen molar-refractivity contribution >= 4 is 33.7 Å². The van der Waals surface area contributed by atoms with Gasteiger partial charge in [0.15, 0.2) is 13.2 Å². The molecule has 1 aliphatic rings. The maximum absolute atomic E-state index is 11.9. The first kappa shape index (κ1) is 19.2. The maximum atomic E-state index is 11.9. The number of hydrazine groups is 1. The van der Waals surface area contributed by atoms with Crippen molar-refractivity contribution in [3.63, 3.8) is 0 Å². The molecule has 136 valence electrons. The molecule has 0 aromatic heterocycles. The van der Waals surface area contributed by atoms with Crippen LogP contribution in [0, 0.1) is 0 Å². The molecule has 25 heavy (non-hydrogen) atoms. The topological polar surface area (TPSA) is 92.2 Å². The largest absolute Gasteiger partial charge is 0.484 e. The van der Waals surface area contributed by atoms with Crippen LogP contribution in [0.5, 0.6) is 5.75 Å². The minimum atomic E-state index is -0.437. The lowest BCUT2D eigenvalue weighted by Crippen LogP contribution is -3.16. The molecule has 1 fully saturated rings. The number of ether oxygens (including phenoxy) is 1. The molecule has 1 aromatic rings. The number of quaternary nitrogens is 1. The van der Waals surface area contributed by atoms with Gasteiger partial charge in [0.05, 0.1) is 26.2 Å². The molecule has 0 radical (unpaired) electrons. The first-order chi connectivity index (χ1) is 11.9. The zero-order valence-electron chi connectivity index (χ0n) is 14.0. The Hall–Kier alpha value is -2.13. The average molecular weight is 414 g/mol. The second-order valence-electron chi connectivity index (χ2n) is 5.77. The summed E-state index contributed by atoms with van der Waals surface area (Å²) in [4.78, 5) is 37.7. The number of piperazine rings is 1. The lowest BCUT2D eigenvalue weighted by atomic mass is 10.3. The number of carbonyl (C=O) groups is 3. The van der Waals surface area contributed by atoms with E-state index in [9.17, 15) is 14.4 Å². The van der Waals surface area contributed by atoms with Gasteiger partial charge in [-0.2, -0.15) is 0 Å². The number of nitrogens with zero attached hydrogens (tertiary/aromatic N) is 1. The first-order valence-corrected chi connectivity index (χ1v) is 8.78. The van der Waals surface area contributed by atoms with E-state index >= 15 is 0 Å². The molecule has 3 amide bonds. The highest BCUT2D eigenvalue weighted by molar-refractivity contribution is 9.10. The van der Waals surface area contributed by atoms with Crippen LogP contribution in [0.3, 0.4) is 0 Å². The Balaban J connectivity index is 1.62. The van der Waals surface area contributed by atoms with Crippen molar-refractivity contribution in [3.8, 4) is 5.75 Å². The Morgan fingerprint density at radius 3 is 2.32 bits per heavy atom.